The van der Waals surface area contributed by atoms with Crippen LogP contribution < -0.4 is 15.8 Å². The number of aromatic nitrogens is 3. The van der Waals surface area contributed by atoms with Crippen molar-refractivity contribution in [3.8, 4) is 0 Å². The number of nitrogens with one attached hydrogen (secondary N) is 1. The number of rotatable bonds is 5. The molecule has 1 aromatic carbocycles. The summed E-state index contributed by atoms with van der Waals surface area (Å²) in [5.74, 6) is -0.148. The molecule has 1 fully saturated rings. The van der Waals surface area contributed by atoms with Crippen LogP contribution in [-0.2, 0) is 0 Å². The van der Waals surface area contributed by atoms with Crippen LogP contribution in [-0.4, -0.2) is 40.1 Å². The summed E-state index contributed by atoms with van der Waals surface area (Å²) in [6, 6.07) is 11.3. The van der Waals surface area contributed by atoms with Crippen LogP contribution in [0.2, 0.25) is 0 Å². The fourth-order valence-corrected chi connectivity index (χ4v) is 4.20. The van der Waals surface area contributed by atoms with Crippen molar-refractivity contribution in [3.05, 3.63) is 58.0 Å². The molecule has 0 aliphatic carbocycles. The first-order valence-corrected chi connectivity index (χ1v) is 9.92. The van der Waals surface area contributed by atoms with E-state index in [4.69, 9.17) is 0 Å². The molecular weight excluding hydrogens is 362 g/mol. The summed E-state index contributed by atoms with van der Waals surface area (Å²) in [4.78, 5) is 31.3. The number of benzene rings is 1. The highest BCUT2D eigenvalue weighted by molar-refractivity contribution is 7.20. The normalized spacial score (nSPS) is 15.2. The van der Waals surface area contributed by atoms with Gasteiger partial charge in [0, 0.05) is 25.7 Å². The topological polar surface area (TPSA) is 79.6 Å². The average molecular weight is 383 g/mol. The number of hydrogen-bond donors (Lipinski definition) is 1. The van der Waals surface area contributed by atoms with Crippen LogP contribution in [0.1, 0.15) is 41.7 Å². The predicted molar refractivity (Wildman–Crippen MR) is 106 cm³/mol. The Balaban J connectivity index is 1.56. The molecule has 1 atom stereocenters. The summed E-state index contributed by atoms with van der Waals surface area (Å²) in [7, 11) is 0. The van der Waals surface area contributed by atoms with Crippen LogP contribution in [0, 0.1) is 0 Å². The number of carbonyl (C=O) groups excluding carboxylic acids is 1. The van der Waals surface area contributed by atoms with Gasteiger partial charge < -0.3 is 10.2 Å². The summed E-state index contributed by atoms with van der Waals surface area (Å²) in [6.45, 7) is 4.42. The van der Waals surface area contributed by atoms with E-state index in [9.17, 15) is 9.59 Å². The molecule has 0 radical (unpaired) electrons. The van der Waals surface area contributed by atoms with Gasteiger partial charge in [-0.2, -0.15) is 9.50 Å². The summed E-state index contributed by atoms with van der Waals surface area (Å²) in [5, 5.41) is 8.26. The third-order valence-electron chi connectivity index (χ3n) is 4.79. The maximum absolute atomic E-state index is 12.7. The highest BCUT2D eigenvalue weighted by atomic mass is 32.1. The zero-order valence-electron chi connectivity index (χ0n) is 15.1. The van der Waals surface area contributed by atoms with E-state index in [1.54, 1.807) is 0 Å². The summed E-state index contributed by atoms with van der Waals surface area (Å²) in [5.41, 5.74) is 0.958. The van der Waals surface area contributed by atoms with E-state index in [2.05, 4.69) is 27.2 Å². The summed E-state index contributed by atoms with van der Waals surface area (Å²) < 4.78 is 1.49. The van der Waals surface area contributed by atoms with Crippen molar-refractivity contribution in [2.45, 2.75) is 25.7 Å². The molecule has 0 saturated carbocycles. The van der Waals surface area contributed by atoms with Gasteiger partial charge in [-0.3, -0.25) is 9.59 Å². The van der Waals surface area contributed by atoms with Gasteiger partial charge in [0.15, 0.2) is 0 Å². The van der Waals surface area contributed by atoms with Crippen molar-refractivity contribution in [3.63, 3.8) is 0 Å². The second-order valence-corrected chi connectivity index (χ2v) is 7.71. The molecule has 3 heterocycles. The maximum Gasteiger partial charge on any atom is 0.274 e. The van der Waals surface area contributed by atoms with Gasteiger partial charge in [0.1, 0.15) is 5.69 Å². The number of hydrogen-bond acceptors (Lipinski definition) is 6. The highest BCUT2D eigenvalue weighted by Crippen LogP contribution is 2.25. The number of carbonyl (C=O) groups is 1. The molecule has 8 heteroatoms. The van der Waals surface area contributed by atoms with Crippen LogP contribution in [0.5, 0.6) is 0 Å². The fourth-order valence-electron chi connectivity index (χ4n) is 3.24. The molecule has 4 rings (SSSR count). The first-order valence-electron chi connectivity index (χ1n) is 9.11. The van der Waals surface area contributed by atoms with Crippen molar-refractivity contribution in [1.29, 1.82) is 0 Å². The number of nitrogens with zero attached hydrogens (tertiary/aromatic N) is 4. The second kappa shape index (κ2) is 7.48. The Morgan fingerprint density at radius 1 is 1.26 bits per heavy atom. The predicted octanol–water partition coefficient (Wildman–Crippen LogP) is 2.28. The van der Waals surface area contributed by atoms with Gasteiger partial charge >= 0.3 is 0 Å². The van der Waals surface area contributed by atoms with E-state index in [1.807, 2.05) is 30.3 Å². The van der Waals surface area contributed by atoms with E-state index in [0.717, 1.165) is 36.6 Å². The van der Waals surface area contributed by atoms with Crippen LogP contribution in [0.3, 0.4) is 0 Å². The van der Waals surface area contributed by atoms with E-state index in [1.165, 1.54) is 21.9 Å². The number of anilines is 1. The van der Waals surface area contributed by atoms with Crippen molar-refractivity contribution in [2.24, 2.45) is 0 Å². The Morgan fingerprint density at radius 2 is 2.00 bits per heavy atom. The van der Waals surface area contributed by atoms with E-state index in [0.29, 0.717) is 11.5 Å². The number of fused-ring (bicyclic) bond motifs is 1. The van der Waals surface area contributed by atoms with Crippen molar-refractivity contribution in [2.75, 3.05) is 24.5 Å². The second-order valence-electron chi connectivity index (χ2n) is 6.77. The molecule has 0 bridgehead atoms. The highest BCUT2D eigenvalue weighted by Gasteiger charge is 2.21. The van der Waals surface area contributed by atoms with Gasteiger partial charge in [0.05, 0.1) is 0 Å². The van der Waals surface area contributed by atoms with Crippen LogP contribution >= 0.6 is 11.3 Å². The van der Waals surface area contributed by atoms with E-state index >= 15 is 0 Å². The number of amides is 1. The molecule has 1 N–H and O–H groups in total. The zero-order valence-corrected chi connectivity index (χ0v) is 15.9. The van der Waals surface area contributed by atoms with Crippen molar-refractivity contribution in [1.82, 2.24) is 19.9 Å². The molecule has 1 aliphatic rings. The monoisotopic (exact) mass is 383 g/mol. The summed E-state index contributed by atoms with van der Waals surface area (Å²) in [6.07, 6.45) is 2.26. The molecule has 140 valence electrons. The molecule has 0 unspecified atom stereocenters. The van der Waals surface area contributed by atoms with Crippen molar-refractivity contribution >= 4 is 27.3 Å². The zero-order chi connectivity index (χ0) is 18.8. The third kappa shape index (κ3) is 3.71. The van der Waals surface area contributed by atoms with E-state index < -0.39 is 5.56 Å². The molecular formula is C19H21N5O2S. The van der Waals surface area contributed by atoms with Crippen LogP contribution in [0.15, 0.2) is 41.2 Å². The summed E-state index contributed by atoms with van der Waals surface area (Å²) >= 11 is 1.35. The van der Waals surface area contributed by atoms with Gasteiger partial charge in [0.2, 0.25) is 10.1 Å². The minimum atomic E-state index is -0.423. The van der Waals surface area contributed by atoms with Crippen molar-refractivity contribution < 1.29 is 4.79 Å². The van der Waals surface area contributed by atoms with Crippen LogP contribution in [0.4, 0.5) is 5.13 Å². The molecule has 1 amide bonds. The Kier molecular flexibility index (Phi) is 4.89. The first kappa shape index (κ1) is 17.7. The smallest absolute Gasteiger partial charge is 0.274 e. The lowest BCUT2D eigenvalue weighted by Gasteiger charge is -2.13. The van der Waals surface area contributed by atoms with Crippen LogP contribution in [0.25, 0.3) is 4.96 Å². The quantitative estimate of drug-likeness (QED) is 0.731. The molecule has 1 saturated heterocycles. The fraction of sp³-hybridized carbons (Fsp3) is 0.368. The molecule has 2 aromatic heterocycles. The van der Waals surface area contributed by atoms with Gasteiger partial charge in [0.25, 0.3) is 11.5 Å². The van der Waals surface area contributed by atoms with Gasteiger partial charge in [-0.05, 0) is 24.3 Å². The first-order chi connectivity index (χ1) is 13.1. The van der Waals surface area contributed by atoms with Gasteiger partial charge in [-0.25, -0.2) is 0 Å². The molecule has 0 spiro atoms. The Labute approximate surface area is 160 Å². The Morgan fingerprint density at radius 3 is 2.74 bits per heavy atom. The Bertz CT molecular complexity index is 1010. The lowest BCUT2D eigenvalue weighted by atomic mass is 10.0. The lowest BCUT2D eigenvalue weighted by Crippen LogP contribution is -2.30. The largest absolute Gasteiger partial charge is 0.350 e. The van der Waals surface area contributed by atoms with E-state index in [-0.39, 0.29) is 17.5 Å². The Hall–Kier alpha value is -2.74. The third-order valence-corrected chi connectivity index (χ3v) is 5.76. The minimum absolute atomic E-state index is 0.166. The maximum atomic E-state index is 12.7. The van der Waals surface area contributed by atoms with Gasteiger partial charge in [-0.1, -0.05) is 48.6 Å². The molecule has 27 heavy (non-hydrogen) atoms. The molecule has 1 aliphatic heterocycles. The lowest BCUT2D eigenvalue weighted by molar-refractivity contribution is 0.0944. The minimum Gasteiger partial charge on any atom is -0.350 e. The standard InChI is InChI=1S/C19H21N5O2S/c1-13(14-7-3-2-4-8-14)12-20-17(26)15-11-16(25)21-18-24(15)22-19(27-18)23-9-5-6-10-23/h2-4,7-8,11,13H,5-6,9-10,12H2,1H3,(H,20,26)/t13-/m1/s1. The average Bonchev–Trinajstić information content (AvgIpc) is 3.35. The van der Waals surface area contributed by atoms with Gasteiger partial charge in [-0.15, -0.1) is 5.10 Å². The SMILES string of the molecule is C[C@H](CNC(=O)c1cc(=O)nc2sc(N3CCCC3)nn12)c1ccccc1. The molecule has 7 nitrogen and oxygen atoms in total. The molecule has 3 aromatic rings.